The van der Waals surface area contributed by atoms with Crippen molar-refractivity contribution in [1.82, 2.24) is 10.3 Å². The zero-order valence-electron chi connectivity index (χ0n) is 13.1. The second-order valence-corrected chi connectivity index (χ2v) is 6.60. The summed E-state index contributed by atoms with van der Waals surface area (Å²) in [5.41, 5.74) is 1.41. The quantitative estimate of drug-likeness (QED) is 0.247. The van der Waals surface area contributed by atoms with Gasteiger partial charge in [0.1, 0.15) is 0 Å². The van der Waals surface area contributed by atoms with Crippen molar-refractivity contribution in [3.8, 4) is 22.5 Å². The molecule has 0 amide bonds. The maximum Gasteiger partial charge on any atom is 0.214 e. The summed E-state index contributed by atoms with van der Waals surface area (Å²) in [6, 6.07) is 10.4. The fourth-order valence-electron chi connectivity index (χ4n) is 2.09. The largest absolute Gasteiger partial charge is 0.504 e. The number of nitriles is 1. The molecular weight excluding hydrogens is 393 g/mol. The topological polar surface area (TPSA) is 93.3 Å². The molecule has 0 saturated carbocycles. The van der Waals surface area contributed by atoms with Crippen molar-refractivity contribution in [2.24, 2.45) is 4.99 Å². The first-order chi connectivity index (χ1) is 12.6. The van der Waals surface area contributed by atoms with Gasteiger partial charge in [0.25, 0.3) is 0 Å². The highest BCUT2D eigenvalue weighted by Crippen LogP contribution is 2.41. The summed E-state index contributed by atoms with van der Waals surface area (Å²) in [4.78, 5) is 9.08. The number of anilines is 1. The van der Waals surface area contributed by atoms with Crippen molar-refractivity contribution in [1.29, 1.82) is 5.26 Å². The normalized spacial score (nSPS) is 11.0. The molecule has 0 aliphatic heterocycles. The van der Waals surface area contributed by atoms with E-state index in [1.165, 1.54) is 11.3 Å². The standard InChI is InChI=1S/C17H11Cl2N5OS/c18-10-4-3-6-11(14(10)19)23-17(22-9-20)24-13-8-26-16(15(13)25)12-5-1-2-7-21-12/h1-8,25H,(H2,22,23,24). The Bertz CT molecular complexity index is 998. The van der Waals surface area contributed by atoms with E-state index in [2.05, 4.69) is 20.6 Å². The molecule has 0 aliphatic rings. The Hall–Kier alpha value is -2.79. The van der Waals surface area contributed by atoms with Crippen LogP contribution in [0.2, 0.25) is 10.0 Å². The molecular formula is C17H11Cl2N5OS. The minimum Gasteiger partial charge on any atom is -0.504 e. The summed E-state index contributed by atoms with van der Waals surface area (Å²) in [6.45, 7) is 0. The first kappa shape index (κ1) is 18.0. The van der Waals surface area contributed by atoms with Crippen LogP contribution in [0.5, 0.6) is 5.75 Å². The SMILES string of the molecule is N#CNC(=Nc1cccc(Cl)c1Cl)Nc1csc(-c2ccccn2)c1O. The molecule has 0 atom stereocenters. The zero-order valence-corrected chi connectivity index (χ0v) is 15.4. The van der Waals surface area contributed by atoms with E-state index in [9.17, 15) is 5.11 Å². The third-order valence-electron chi connectivity index (χ3n) is 3.25. The van der Waals surface area contributed by atoms with Gasteiger partial charge < -0.3 is 10.4 Å². The Labute approximate surface area is 163 Å². The van der Waals surface area contributed by atoms with Crippen LogP contribution >= 0.6 is 34.5 Å². The minimum atomic E-state index is 0.0123. The van der Waals surface area contributed by atoms with E-state index in [0.717, 1.165) is 0 Å². The average molecular weight is 404 g/mol. The van der Waals surface area contributed by atoms with Crippen molar-refractivity contribution in [2.75, 3.05) is 5.32 Å². The number of nitrogens with zero attached hydrogens (tertiary/aromatic N) is 3. The Morgan fingerprint density at radius 1 is 1.23 bits per heavy atom. The molecule has 0 radical (unpaired) electrons. The second-order valence-electron chi connectivity index (χ2n) is 4.94. The Kier molecular flexibility index (Phi) is 5.58. The highest BCUT2D eigenvalue weighted by molar-refractivity contribution is 7.14. The summed E-state index contributed by atoms with van der Waals surface area (Å²) in [5.74, 6) is 0.107. The van der Waals surface area contributed by atoms with Crippen LogP contribution in [0, 0.1) is 11.5 Å². The number of hydrogen-bond acceptors (Lipinski definition) is 5. The molecule has 3 aromatic rings. The van der Waals surface area contributed by atoms with E-state index in [0.29, 0.717) is 27.0 Å². The van der Waals surface area contributed by atoms with Crippen LogP contribution in [-0.2, 0) is 0 Å². The predicted octanol–water partition coefficient (Wildman–Crippen LogP) is 4.99. The van der Waals surface area contributed by atoms with E-state index in [1.54, 1.807) is 48.1 Å². The summed E-state index contributed by atoms with van der Waals surface area (Å²) < 4.78 is 0. The first-order valence-corrected chi connectivity index (χ1v) is 8.90. The lowest BCUT2D eigenvalue weighted by molar-refractivity contribution is 0.482. The Balaban J connectivity index is 1.92. The second kappa shape index (κ2) is 8.06. The van der Waals surface area contributed by atoms with E-state index in [1.807, 2.05) is 6.07 Å². The zero-order chi connectivity index (χ0) is 18.5. The summed E-state index contributed by atoms with van der Waals surface area (Å²) in [5, 5.41) is 27.0. The van der Waals surface area contributed by atoms with Gasteiger partial charge in [-0.1, -0.05) is 35.3 Å². The van der Waals surface area contributed by atoms with Gasteiger partial charge in [-0.3, -0.25) is 10.3 Å². The van der Waals surface area contributed by atoms with Crippen molar-refractivity contribution in [3.05, 3.63) is 58.0 Å². The highest BCUT2D eigenvalue weighted by Gasteiger charge is 2.15. The molecule has 26 heavy (non-hydrogen) atoms. The van der Waals surface area contributed by atoms with Crippen molar-refractivity contribution >= 4 is 51.9 Å². The number of aliphatic imine (C=N–C) groups is 1. The van der Waals surface area contributed by atoms with Gasteiger partial charge in [0.05, 0.1) is 32.0 Å². The number of aromatic hydroxyl groups is 1. The molecule has 0 bridgehead atoms. The minimum absolute atomic E-state index is 0.0123. The molecule has 0 spiro atoms. The predicted molar refractivity (Wildman–Crippen MR) is 105 cm³/mol. The average Bonchev–Trinajstić information content (AvgIpc) is 3.00. The Morgan fingerprint density at radius 2 is 2.08 bits per heavy atom. The monoisotopic (exact) mass is 403 g/mol. The van der Waals surface area contributed by atoms with Crippen molar-refractivity contribution < 1.29 is 5.11 Å². The number of guanidine groups is 1. The maximum atomic E-state index is 10.5. The van der Waals surface area contributed by atoms with Gasteiger partial charge >= 0.3 is 0 Å². The molecule has 2 aromatic heterocycles. The van der Waals surface area contributed by atoms with Crippen LogP contribution < -0.4 is 10.6 Å². The van der Waals surface area contributed by atoms with E-state index in [4.69, 9.17) is 28.5 Å². The number of aromatic nitrogens is 1. The van der Waals surface area contributed by atoms with Gasteiger partial charge in [-0.05, 0) is 24.3 Å². The lowest BCUT2D eigenvalue weighted by Crippen LogP contribution is -2.26. The van der Waals surface area contributed by atoms with Gasteiger partial charge in [0, 0.05) is 11.6 Å². The number of rotatable bonds is 3. The fraction of sp³-hybridized carbons (Fsp3) is 0. The Morgan fingerprint density at radius 3 is 2.81 bits per heavy atom. The third kappa shape index (κ3) is 3.89. The molecule has 1 aromatic carbocycles. The van der Waals surface area contributed by atoms with Crippen LogP contribution in [0.4, 0.5) is 11.4 Å². The number of benzene rings is 1. The number of pyridine rings is 1. The number of thiophene rings is 1. The number of halogens is 2. The van der Waals surface area contributed by atoms with E-state index >= 15 is 0 Å². The molecule has 3 rings (SSSR count). The van der Waals surface area contributed by atoms with E-state index < -0.39 is 0 Å². The molecule has 2 heterocycles. The number of hydrogen-bond donors (Lipinski definition) is 3. The molecule has 0 saturated heterocycles. The third-order valence-corrected chi connectivity index (χ3v) is 5.05. The summed E-state index contributed by atoms with van der Waals surface area (Å²) >= 11 is 13.4. The van der Waals surface area contributed by atoms with Crippen LogP contribution in [0.1, 0.15) is 0 Å². The lowest BCUT2D eigenvalue weighted by Gasteiger charge is -2.08. The van der Waals surface area contributed by atoms with Crippen LogP contribution in [0.15, 0.2) is 53.0 Å². The molecule has 3 N–H and O–H groups in total. The lowest BCUT2D eigenvalue weighted by atomic mass is 10.3. The molecule has 9 heteroatoms. The van der Waals surface area contributed by atoms with Crippen molar-refractivity contribution in [2.45, 2.75) is 0 Å². The summed E-state index contributed by atoms with van der Waals surface area (Å²) in [7, 11) is 0. The smallest absolute Gasteiger partial charge is 0.214 e. The van der Waals surface area contributed by atoms with Gasteiger partial charge in [-0.15, -0.1) is 11.3 Å². The van der Waals surface area contributed by atoms with Gasteiger partial charge in [0.15, 0.2) is 11.9 Å². The number of nitrogens with one attached hydrogen (secondary N) is 2. The van der Waals surface area contributed by atoms with E-state index in [-0.39, 0.29) is 16.7 Å². The first-order valence-electron chi connectivity index (χ1n) is 7.27. The van der Waals surface area contributed by atoms with Crippen LogP contribution in [-0.4, -0.2) is 16.1 Å². The molecule has 6 nitrogen and oxygen atoms in total. The maximum absolute atomic E-state index is 10.5. The van der Waals surface area contributed by atoms with Crippen LogP contribution in [0.3, 0.4) is 0 Å². The molecule has 0 aliphatic carbocycles. The molecule has 0 fully saturated rings. The highest BCUT2D eigenvalue weighted by atomic mass is 35.5. The van der Waals surface area contributed by atoms with Gasteiger partial charge in [-0.25, -0.2) is 4.99 Å². The fourth-order valence-corrected chi connectivity index (χ4v) is 3.29. The van der Waals surface area contributed by atoms with Crippen molar-refractivity contribution in [3.63, 3.8) is 0 Å². The van der Waals surface area contributed by atoms with Gasteiger partial charge in [0.2, 0.25) is 5.96 Å². The van der Waals surface area contributed by atoms with Gasteiger partial charge in [-0.2, -0.15) is 5.26 Å². The molecule has 0 unspecified atom stereocenters. The molecule has 130 valence electrons. The summed E-state index contributed by atoms with van der Waals surface area (Å²) in [6.07, 6.45) is 3.44. The van der Waals surface area contributed by atoms with Crippen LogP contribution in [0.25, 0.3) is 10.6 Å².